The number of nitrogens with one attached hydrogen (secondary N) is 2. The largest absolute Gasteiger partial charge is 0.327 e. The average Bonchev–Trinajstić information content (AvgIpc) is 2.36. The van der Waals surface area contributed by atoms with Gasteiger partial charge in [-0.05, 0) is 23.6 Å². The Labute approximate surface area is 129 Å². The van der Waals surface area contributed by atoms with Crippen LogP contribution in [-0.2, 0) is 9.59 Å². The van der Waals surface area contributed by atoms with E-state index in [1.807, 2.05) is 32.9 Å². The van der Waals surface area contributed by atoms with Crippen LogP contribution in [0.2, 0.25) is 0 Å². The number of anilines is 2. The normalized spacial score (nSPS) is 15.9. The van der Waals surface area contributed by atoms with E-state index >= 15 is 0 Å². The van der Waals surface area contributed by atoms with E-state index in [0.29, 0.717) is 11.4 Å². The monoisotopic (exact) mass is 307 g/mol. The molecule has 0 bridgehead atoms. The fourth-order valence-corrected chi connectivity index (χ4v) is 2.67. The molecule has 21 heavy (non-hydrogen) atoms. The highest BCUT2D eigenvalue weighted by Crippen LogP contribution is 2.33. The van der Waals surface area contributed by atoms with Crippen LogP contribution in [0.25, 0.3) is 0 Å². The third-order valence-electron chi connectivity index (χ3n) is 3.41. The van der Waals surface area contributed by atoms with E-state index in [0.717, 1.165) is 10.6 Å². The molecule has 0 spiro atoms. The molecule has 6 heteroatoms. The second kappa shape index (κ2) is 6.07. The highest BCUT2D eigenvalue weighted by atomic mass is 32.2. The lowest BCUT2D eigenvalue weighted by molar-refractivity contribution is -0.117. The van der Waals surface area contributed by atoms with Gasteiger partial charge in [-0.25, -0.2) is 0 Å². The van der Waals surface area contributed by atoms with Crippen molar-refractivity contribution in [2.45, 2.75) is 38.1 Å². The number of hydrogen-bond acceptors (Lipinski definition) is 4. The molecule has 0 saturated carbocycles. The van der Waals surface area contributed by atoms with Gasteiger partial charge in [0.15, 0.2) is 0 Å². The number of rotatable bonds is 3. The van der Waals surface area contributed by atoms with Crippen molar-refractivity contribution in [2.24, 2.45) is 11.1 Å². The number of hydrogen-bond donors (Lipinski definition) is 3. The fraction of sp³-hybridized carbons (Fsp3) is 0.467. The van der Waals surface area contributed by atoms with E-state index in [4.69, 9.17) is 5.73 Å². The Hall–Kier alpha value is -1.53. The second-order valence-electron chi connectivity index (χ2n) is 6.27. The van der Waals surface area contributed by atoms with Crippen LogP contribution >= 0.6 is 11.8 Å². The first-order chi connectivity index (χ1) is 9.75. The summed E-state index contributed by atoms with van der Waals surface area (Å²) in [4.78, 5) is 24.4. The number of nitrogens with two attached hydrogens (primary N) is 1. The number of amides is 2. The van der Waals surface area contributed by atoms with Gasteiger partial charge in [-0.2, -0.15) is 0 Å². The maximum absolute atomic E-state index is 12.0. The van der Waals surface area contributed by atoms with Crippen LogP contribution in [0.4, 0.5) is 11.4 Å². The molecule has 4 N–H and O–H groups in total. The van der Waals surface area contributed by atoms with Crippen molar-refractivity contribution < 1.29 is 9.59 Å². The summed E-state index contributed by atoms with van der Waals surface area (Å²) in [6.45, 7) is 6.03. The van der Waals surface area contributed by atoms with E-state index in [1.165, 1.54) is 11.8 Å². The van der Waals surface area contributed by atoms with Crippen molar-refractivity contribution >= 4 is 35.0 Å². The number of carbonyl (C=O) groups excluding carboxylic acids is 2. The third kappa shape index (κ3) is 4.22. The van der Waals surface area contributed by atoms with Crippen LogP contribution in [0, 0.1) is 5.41 Å². The van der Waals surface area contributed by atoms with Gasteiger partial charge in [-0.3, -0.25) is 9.59 Å². The van der Waals surface area contributed by atoms with Gasteiger partial charge >= 0.3 is 0 Å². The first-order valence-corrected chi connectivity index (χ1v) is 7.86. The lowest BCUT2D eigenvalue weighted by Gasteiger charge is -2.26. The van der Waals surface area contributed by atoms with Crippen molar-refractivity contribution in [3.8, 4) is 0 Å². The smallest absolute Gasteiger partial charge is 0.234 e. The average molecular weight is 307 g/mol. The molecule has 5 nitrogen and oxygen atoms in total. The standard InChI is InChI=1S/C15H21N3O2S/c1-15(2,3)12(16)7-13(19)17-9-4-5-11-10(6-9)18-14(20)8-21-11/h4-6,12H,7-8,16H2,1-3H3,(H,17,19)(H,18,20). The first-order valence-electron chi connectivity index (χ1n) is 6.88. The number of thioether (sulfide) groups is 1. The molecule has 0 fully saturated rings. The fourth-order valence-electron chi connectivity index (χ4n) is 1.88. The van der Waals surface area contributed by atoms with Crippen LogP contribution in [0.1, 0.15) is 27.2 Å². The summed E-state index contributed by atoms with van der Waals surface area (Å²) in [6.07, 6.45) is 0.266. The summed E-state index contributed by atoms with van der Waals surface area (Å²) >= 11 is 1.49. The topological polar surface area (TPSA) is 84.2 Å². The Morgan fingerprint density at radius 3 is 2.86 bits per heavy atom. The van der Waals surface area contributed by atoms with Gasteiger partial charge in [0.2, 0.25) is 11.8 Å². The summed E-state index contributed by atoms with van der Waals surface area (Å²) in [5, 5.41) is 5.63. The van der Waals surface area contributed by atoms with Crippen molar-refractivity contribution in [1.29, 1.82) is 0 Å². The quantitative estimate of drug-likeness (QED) is 0.801. The lowest BCUT2D eigenvalue weighted by Crippen LogP contribution is -2.38. The summed E-state index contributed by atoms with van der Waals surface area (Å²) < 4.78 is 0. The molecule has 1 atom stereocenters. The number of carbonyl (C=O) groups is 2. The zero-order valence-corrected chi connectivity index (χ0v) is 13.3. The molecule has 0 saturated heterocycles. The Morgan fingerprint density at radius 1 is 1.48 bits per heavy atom. The van der Waals surface area contributed by atoms with Gasteiger partial charge in [-0.15, -0.1) is 11.8 Å². The first kappa shape index (κ1) is 15.9. The molecule has 114 valence electrons. The zero-order valence-electron chi connectivity index (χ0n) is 12.5. The molecule has 1 aromatic carbocycles. The molecule has 2 amide bonds. The molecule has 0 aromatic heterocycles. The molecule has 1 aromatic rings. The molecule has 2 rings (SSSR count). The Bertz CT molecular complexity index is 567. The summed E-state index contributed by atoms with van der Waals surface area (Å²) in [5.41, 5.74) is 7.31. The predicted molar refractivity (Wildman–Crippen MR) is 86.5 cm³/mol. The number of benzene rings is 1. The van der Waals surface area contributed by atoms with Crippen LogP contribution in [-0.4, -0.2) is 23.6 Å². The van der Waals surface area contributed by atoms with Gasteiger partial charge in [-0.1, -0.05) is 20.8 Å². The Balaban J connectivity index is 2.02. The maximum Gasteiger partial charge on any atom is 0.234 e. The number of fused-ring (bicyclic) bond motifs is 1. The van der Waals surface area contributed by atoms with E-state index in [9.17, 15) is 9.59 Å². The molecule has 1 unspecified atom stereocenters. The van der Waals surface area contributed by atoms with Crippen molar-refractivity contribution in [2.75, 3.05) is 16.4 Å². The summed E-state index contributed by atoms with van der Waals surface area (Å²) in [5.74, 6) is 0.289. The van der Waals surface area contributed by atoms with Crippen molar-refractivity contribution in [3.63, 3.8) is 0 Å². The third-order valence-corrected chi connectivity index (χ3v) is 4.49. The second-order valence-corrected chi connectivity index (χ2v) is 7.29. The molecule has 1 aliphatic rings. The molecule has 1 aliphatic heterocycles. The molecule has 0 aliphatic carbocycles. The highest BCUT2D eigenvalue weighted by Gasteiger charge is 2.23. The van der Waals surface area contributed by atoms with Gasteiger partial charge in [0.05, 0.1) is 11.4 Å². The zero-order chi connectivity index (χ0) is 15.6. The Morgan fingerprint density at radius 2 is 2.19 bits per heavy atom. The summed E-state index contributed by atoms with van der Waals surface area (Å²) in [6, 6.07) is 5.31. The van der Waals surface area contributed by atoms with Gasteiger partial charge in [0, 0.05) is 23.0 Å². The van der Waals surface area contributed by atoms with Crippen LogP contribution in [0.3, 0.4) is 0 Å². The molecule has 1 heterocycles. The molecule has 0 radical (unpaired) electrons. The lowest BCUT2D eigenvalue weighted by atomic mass is 9.85. The van der Waals surface area contributed by atoms with Gasteiger partial charge in [0.1, 0.15) is 0 Å². The van der Waals surface area contributed by atoms with Crippen LogP contribution in [0.15, 0.2) is 23.1 Å². The SMILES string of the molecule is CC(C)(C)C(N)CC(=O)Nc1ccc2c(c1)NC(=O)CS2. The van der Waals surface area contributed by atoms with E-state index < -0.39 is 0 Å². The molecular weight excluding hydrogens is 286 g/mol. The minimum atomic E-state index is -0.203. The van der Waals surface area contributed by atoms with E-state index in [1.54, 1.807) is 6.07 Å². The maximum atomic E-state index is 12.0. The van der Waals surface area contributed by atoms with E-state index in [2.05, 4.69) is 10.6 Å². The van der Waals surface area contributed by atoms with Crippen LogP contribution < -0.4 is 16.4 Å². The van der Waals surface area contributed by atoms with E-state index in [-0.39, 0.29) is 29.7 Å². The predicted octanol–water partition coefficient (Wildman–Crippen LogP) is 2.43. The van der Waals surface area contributed by atoms with Crippen LogP contribution in [0.5, 0.6) is 0 Å². The van der Waals surface area contributed by atoms with Gasteiger partial charge in [0.25, 0.3) is 0 Å². The Kier molecular flexibility index (Phi) is 4.58. The van der Waals surface area contributed by atoms with Gasteiger partial charge < -0.3 is 16.4 Å². The van der Waals surface area contributed by atoms with Crippen molar-refractivity contribution in [3.05, 3.63) is 18.2 Å². The minimum absolute atomic E-state index is 0.0225. The minimum Gasteiger partial charge on any atom is -0.327 e. The summed E-state index contributed by atoms with van der Waals surface area (Å²) in [7, 11) is 0. The molecular formula is C15H21N3O2S. The van der Waals surface area contributed by atoms with Crippen molar-refractivity contribution in [1.82, 2.24) is 0 Å². The highest BCUT2D eigenvalue weighted by molar-refractivity contribution is 8.00.